The summed E-state index contributed by atoms with van der Waals surface area (Å²) in [5.41, 5.74) is 0. The fraction of sp³-hybridized carbons (Fsp3) is 0.611. The maximum absolute atomic E-state index is 12.9. The highest BCUT2D eigenvalue weighted by molar-refractivity contribution is 5.66. The quantitative estimate of drug-likeness (QED) is 0.509. The second-order valence-corrected chi connectivity index (χ2v) is 5.81. The molecule has 0 radical (unpaired) electrons. The van der Waals surface area contributed by atoms with Crippen LogP contribution in [0.1, 0.15) is 39.0 Å². The SMILES string of the molecule is CC(=O)O[C@@H](CCCO[C@@H]1CCCCO1)COc1ccc(F)cc1. The molecular formula is C18H25FO5. The molecule has 1 saturated heterocycles. The number of benzene rings is 1. The molecule has 1 aliphatic heterocycles. The molecule has 0 N–H and O–H groups in total. The lowest BCUT2D eigenvalue weighted by molar-refractivity contribution is -0.165. The second kappa shape index (κ2) is 10.3. The first kappa shape index (κ1) is 18.7. The van der Waals surface area contributed by atoms with Gasteiger partial charge in [0.15, 0.2) is 6.29 Å². The van der Waals surface area contributed by atoms with Crippen LogP contribution in [0.3, 0.4) is 0 Å². The monoisotopic (exact) mass is 340 g/mol. The Morgan fingerprint density at radius 2 is 2.12 bits per heavy atom. The molecule has 6 heteroatoms. The predicted octanol–water partition coefficient (Wildman–Crippen LogP) is 3.46. The lowest BCUT2D eigenvalue weighted by Crippen LogP contribution is -2.26. The Kier molecular flexibility index (Phi) is 7.98. The van der Waals surface area contributed by atoms with Gasteiger partial charge in [0, 0.05) is 20.1 Å². The zero-order valence-corrected chi connectivity index (χ0v) is 14.0. The van der Waals surface area contributed by atoms with Gasteiger partial charge in [0.2, 0.25) is 0 Å². The average Bonchev–Trinajstić information content (AvgIpc) is 2.58. The first-order valence-electron chi connectivity index (χ1n) is 8.42. The van der Waals surface area contributed by atoms with E-state index in [1.165, 1.54) is 19.1 Å². The molecule has 0 spiro atoms. The van der Waals surface area contributed by atoms with E-state index in [-0.39, 0.29) is 30.8 Å². The van der Waals surface area contributed by atoms with E-state index in [0.29, 0.717) is 18.8 Å². The fourth-order valence-corrected chi connectivity index (χ4v) is 2.50. The summed E-state index contributed by atoms with van der Waals surface area (Å²) in [5.74, 6) is -0.124. The molecule has 2 atom stereocenters. The summed E-state index contributed by atoms with van der Waals surface area (Å²) in [6.45, 7) is 2.91. The number of hydrogen-bond acceptors (Lipinski definition) is 5. The van der Waals surface area contributed by atoms with Gasteiger partial charge in [-0.05, 0) is 56.4 Å². The molecule has 24 heavy (non-hydrogen) atoms. The van der Waals surface area contributed by atoms with E-state index in [9.17, 15) is 9.18 Å². The smallest absolute Gasteiger partial charge is 0.303 e. The van der Waals surface area contributed by atoms with Crippen LogP contribution in [0.25, 0.3) is 0 Å². The first-order valence-corrected chi connectivity index (χ1v) is 8.42. The number of halogens is 1. The van der Waals surface area contributed by atoms with Crippen LogP contribution in [0.15, 0.2) is 24.3 Å². The third kappa shape index (κ3) is 7.27. The Morgan fingerprint density at radius 3 is 2.79 bits per heavy atom. The highest BCUT2D eigenvalue weighted by Crippen LogP contribution is 2.16. The van der Waals surface area contributed by atoms with Crippen molar-refractivity contribution in [2.24, 2.45) is 0 Å². The van der Waals surface area contributed by atoms with E-state index in [0.717, 1.165) is 32.3 Å². The zero-order valence-electron chi connectivity index (χ0n) is 14.0. The standard InChI is InChI=1S/C18H25FO5/c1-14(20)24-17(13-23-16-9-7-15(19)8-10-16)5-4-12-22-18-6-2-3-11-21-18/h7-10,17-18H,2-6,11-13H2,1H3/t17-,18+/m0/s1. The van der Waals surface area contributed by atoms with Crippen LogP contribution in [0.5, 0.6) is 5.75 Å². The molecule has 0 saturated carbocycles. The number of ether oxygens (including phenoxy) is 4. The van der Waals surface area contributed by atoms with E-state index in [1.807, 2.05) is 0 Å². The molecule has 1 aliphatic rings. The van der Waals surface area contributed by atoms with Gasteiger partial charge < -0.3 is 18.9 Å². The molecule has 0 aliphatic carbocycles. The van der Waals surface area contributed by atoms with Gasteiger partial charge in [-0.1, -0.05) is 0 Å². The summed E-state index contributed by atoms with van der Waals surface area (Å²) in [5, 5.41) is 0. The van der Waals surface area contributed by atoms with Gasteiger partial charge in [-0.2, -0.15) is 0 Å². The van der Waals surface area contributed by atoms with Crippen LogP contribution in [0.2, 0.25) is 0 Å². The van der Waals surface area contributed by atoms with Crippen LogP contribution < -0.4 is 4.74 Å². The number of hydrogen-bond donors (Lipinski definition) is 0. The van der Waals surface area contributed by atoms with Crippen molar-refractivity contribution in [3.05, 3.63) is 30.1 Å². The maximum atomic E-state index is 12.9. The number of rotatable bonds is 9. The molecule has 1 heterocycles. The zero-order chi connectivity index (χ0) is 17.2. The van der Waals surface area contributed by atoms with Gasteiger partial charge in [0.05, 0.1) is 0 Å². The number of carbonyl (C=O) groups is 1. The molecule has 5 nitrogen and oxygen atoms in total. The molecule has 1 fully saturated rings. The van der Waals surface area contributed by atoms with Crippen LogP contribution >= 0.6 is 0 Å². The van der Waals surface area contributed by atoms with Gasteiger partial charge in [-0.15, -0.1) is 0 Å². The highest BCUT2D eigenvalue weighted by atomic mass is 19.1. The Bertz CT molecular complexity index is 485. The Morgan fingerprint density at radius 1 is 1.33 bits per heavy atom. The summed E-state index contributed by atoms with van der Waals surface area (Å²) in [6.07, 6.45) is 4.06. The molecule has 0 unspecified atom stereocenters. The van der Waals surface area contributed by atoms with Crippen molar-refractivity contribution in [2.45, 2.75) is 51.4 Å². The Hall–Kier alpha value is -1.66. The summed E-state index contributed by atoms with van der Waals surface area (Å²) >= 11 is 0. The van der Waals surface area contributed by atoms with E-state index < -0.39 is 0 Å². The summed E-state index contributed by atoms with van der Waals surface area (Å²) in [4.78, 5) is 11.2. The van der Waals surface area contributed by atoms with Crippen molar-refractivity contribution >= 4 is 5.97 Å². The number of esters is 1. The molecular weight excluding hydrogens is 315 g/mol. The maximum Gasteiger partial charge on any atom is 0.303 e. The van der Waals surface area contributed by atoms with Crippen LogP contribution in [-0.2, 0) is 19.0 Å². The fourth-order valence-electron chi connectivity index (χ4n) is 2.50. The van der Waals surface area contributed by atoms with Crippen molar-refractivity contribution in [3.63, 3.8) is 0 Å². The largest absolute Gasteiger partial charge is 0.490 e. The van der Waals surface area contributed by atoms with E-state index in [1.54, 1.807) is 12.1 Å². The minimum atomic E-state index is -0.358. The molecule has 2 rings (SSSR count). The van der Waals surface area contributed by atoms with Crippen molar-refractivity contribution in [3.8, 4) is 5.75 Å². The van der Waals surface area contributed by atoms with Crippen molar-refractivity contribution < 1.29 is 28.1 Å². The van der Waals surface area contributed by atoms with E-state index >= 15 is 0 Å². The van der Waals surface area contributed by atoms with Gasteiger partial charge in [-0.25, -0.2) is 4.39 Å². The topological polar surface area (TPSA) is 54.0 Å². The van der Waals surface area contributed by atoms with Gasteiger partial charge in [-0.3, -0.25) is 4.79 Å². The van der Waals surface area contributed by atoms with E-state index in [2.05, 4.69) is 0 Å². The van der Waals surface area contributed by atoms with Gasteiger partial charge >= 0.3 is 5.97 Å². The average molecular weight is 340 g/mol. The van der Waals surface area contributed by atoms with Crippen LogP contribution in [0.4, 0.5) is 4.39 Å². The lowest BCUT2D eigenvalue weighted by atomic mass is 10.2. The third-order valence-corrected chi connectivity index (χ3v) is 3.69. The second-order valence-electron chi connectivity index (χ2n) is 5.81. The third-order valence-electron chi connectivity index (χ3n) is 3.69. The Labute approximate surface area is 142 Å². The minimum Gasteiger partial charge on any atom is -0.490 e. The summed E-state index contributed by atoms with van der Waals surface area (Å²) in [7, 11) is 0. The first-order chi connectivity index (χ1) is 11.6. The van der Waals surface area contributed by atoms with Crippen LogP contribution in [-0.4, -0.2) is 38.2 Å². The van der Waals surface area contributed by atoms with Crippen LogP contribution in [0, 0.1) is 5.82 Å². The predicted molar refractivity (Wildman–Crippen MR) is 86.2 cm³/mol. The summed E-state index contributed by atoms with van der Waals surface area (Å²) in [6, 6.07) is 5.75. The normalized spacial score (nSPS) is 18.8. The van der Waals surface area contributed by atoms with E-state index in [4.69, 9.17) is 18.9 Å². The molecule has 0 amide bonds. The minimum absolute atomic E-state index is 0.110. The van der Waals surface area contributed by atoms with Gasteiger partial charge in [0.1, 0.15) is 24.3 Å². The van der Waals surface area contributed by atoms with Crippen molar-refractivity contribution in [1.29, 1.82) is 0 Å². The molecule has 1 aromatic carbocycles. The van der Waals surface area contributed by atoms with Gasteiger partial charge in [0.25, 0.3) is 0 Å². The van der Waals surface area contributed by atoms with Crippen molar-refractivity contribution in [1.82, 2.24) is 0 Å². The highest BCUT2D eigenvalue weighted by Gasteiger charge is 2.16. The molecule has 1 aromatic rings. The summed E-state index contributed by atoms with van der Waals surface area (Å²) < 4.78 is 34.9. The van der Waals surface area contributed by atoms with Crippen molar-refractivity contribution in [2.75, 3.05) is 19.8 Å². The number of carbonyl (C=O) groups excluding carboxylic acids is 1. The molecule has 0 bridgehead atoms. The lowest BCUT2D eigenvalue weighted by Gasteiger charge is -2.23. The molecule has 134 valence electrons. The molecule has 0 aromatic heterocycles. The Balaban J connectivity index is 1.69.